The molecular formula is C21H23FN2O2. The lowest BCUT2D eigenvalue weighted by Crippen LogP contribution is -2.44. The number of halogens is 1. The fourth-order valence-electron chi connectivity index (χ4n) is 3.25. The van der Waals surface area contributed by atoms with E-state index in [1.807, 2.05) is 24.3 Å². The number of rotatable bonds is 4. The molecule has 1 atom stereocenters. The first-order valence-electron chi connectivity index (χ1n) is 9.02. The monoisotopic (exact) mass is 354 g/mol. The van der Waals surface area contributed by atoms with E-state index in [-0.39, 0.29) is 23.3 Å². The van der Waals surface area contributed by atoms with Gasteiger partial charge in [-0.25, -0.2) is 4.39 Å². The summed E-state index contributed by atoms with van der Waals surface area (Å²) in [5, 5.41) is 2.92. The molecule has 1 N–H and O–H groups in total. The average molecular weight is 354 g/mol. The fourth-order valence-corrected chi connectivity index (χ4v) is 3.25. The van der Waals surface area contributed by atoms with Crippen molar-refractivity contribution in [2.24, 2.45) is 5.92 Å². The van der Waals surface area contributed by atoms with Crippen molar-refractivity contribution >= 4 is 17.5 Å². The molecular weight excluding hydrogens is 331 g/mol. The molecule has 0 unspecified atom stereocenters. The van der Waals surface area contributed by atoms with Crippen LogP contribution in [0.15, 0.2) is 48.5 Å². The largest absolute Gasteiger partial charge is 0.338 e. The molecule has 0 spiro atoms. The van der Waals surface area contributed by atoms with Crippen LogP contribution in [0.3, 0.4) is 0 Å². The van der Waals surface area contributed by atoms with Crippen LogP contribution in [0.5, 0.6) is 0 Å². The van der Waals surface area contributed by atoms with Crippen molar-refractivity contribution in [1.82, 2.24) is 4.90 Å². The van der Waals surface area contributed by atoms with Crippen molar-refractivity contribution < 1.29 is 14.0 Å². The minimum absolute atomic E-state index is 0.0590. The lowest BCUT2D eigenvalue weighted by Gasteiger charge is -2.32. The fraction of sp³-hybridized carbons (Fsp3) is 0.333. The number of nitrogens with one attached hydrogen (secondary N) is 1. The molecule has 1 heterocycles. The van der Waals surface area contributed by atoms with Crippen molar-refractivity contribution in [3.8, 4) is 0 Å². The molecule has 0 radical (unpaired) electrons. The maximum absolute atomic E-state index is 13.9. The minimum atomic E-state index is -0.528. The van der Waals surface area contributed by atoms with Crippen LogP contribution in [0.1, 0.15) is 35.7 Å². The van der Waals surface area contributed by atoms with Crippen molar-refractivity contribution in [3.63, 3.8) is 0 Å². The van der Waals surface area contributed by atoms with Gasteiger partial charge in [0.25, 0.3) is 5.91 Å². The second-order valence-electron chi connectivity index (χ2n) is 6.61. The normalized spacial score (nSPS) is 17.0. The van der Waals surface area contributed by atoms with Gasteiger partial charge in [0.15, 0.2) is 0 Å². The molecule has 1 aliphatic heterocycles. The molecule has 1 saturated heterocycles. The molecule has 0 saturated carbocycles. The maximum Gasteiger partial charge on any atom is 0.256 e. The number of nitrogens with zero attached hydrogens (tertiary/aromatic N) is 1. The number of aryl methyl sites for hydroxylation is 1. The van der Waals surface area contributed by atoms with Crippen LogP contribution in [-0.4, -0.2) is 29.8 Å². The third kappa shape index (κ3) is 4.10. The van der Waals surface area contributed by atoms with Gasteiger partial charge in [0.2, 0.25) is 5.91 Å². The summed E-state index contributed by atoms with van der Waals surface area (Å²) in [6.45, 7) is 2.94. The van der Waals surface area contributed by atoms with Gasteiger partial charge in [-0.05, 0) is 49.1 Å². The number of carbonyl (C=O) groups is 2. The van der Waals surface area contributed by atoms with Gasteiger partial charge in [-0.2, -0.15) is 0 Å². The summed E-state index contributed by atoms with van der Waals surface area (Å²) in [5.41, 5.74) is 2.02. The van der Waals surface area contributed by atoms with Gasteiger partial charge in [-0.3, -0.25) is 9.59 Å². The first kappa shape index (κ1) is 18.1. The molecule has 4 nitrogen and oxygen atoms in total. The minimum Gasteiger partial charge on any atom is -0.338 e. The highest BCUT2D eigenvalue weighted by Gasteiger charge is 2.29. The molecule has 0 bridgehead atoms. The number of carbonyl (C=O) groups excluding carboxylic acids is 2. The molecule has 1 aliphatic rings. The van der Waals surface area contributed by atoms with Crippen molar-refractivity contribution in [1.29, 1.82) is 0 Å². The number of hydrogen-bond acceptors (Lipinski definition) is 2. The molecule has 136 valence electrons. The second-order valence-corrected chi connectivity index (χ2v) is 6.61. The van der Waals surface area contributed by atoms with E-state index in [2.05, 4.69) is 12.2 Å². The maximum atomic E-state index is 13.9. The van der Waals surface area contributed by atoms with Gasteiger partial charge in [-0.15, -0.1) is 0 Å². The van der Waals surface area contributed by atoms with Crippen LogP contribution in [0.4, 0.5) is 10.1 Å². The summed E-state index contributed by atoms with van der Waals surface area (Å²) in [4.78, 5) is 26.7. The van der Waals surface area contributed by atoms with E-state index in [1.54, 1.807) is 17.0 Å². The highest BCUT2D eigenvalue weighted by molar-refractivity contribution is 5.96. The zero-order valence-electron chi connectivity index (χ0n) is 14.9. The Kier molecular flexibility index (Phi) is 5.66. The Morgan fingerprint density at radius 3 is 2.58 bits per heavy atom. The zero-order valence-corrected chi connectivity index (χ0v) is 14.9. The van der Waals surface area contributed by atoms with Crippen LogP contribution < -0.4 is 5.32 Å². The summed E-state index contributed by atoms with van der Waals surface area (Å²) in [7, 11) is 0. The van der Waals surface area contributed by atoms with Gasteiger partial charge in [-0.1, -0.05) is 31.2 Å². The molecule has 2 aromatic carbocycles. The molecule has 0 aromatic heterocycles. The Bertz CT molecular complexity index is 789. The van der Waals surface area contributed by atoms with Gasteiger partial charge < -0.3 is 10.2 Å². The molecule has 1 fully saturated rings. The third-order valence-electron chi connectivity index (χ3n) is 4.81. The van der Waals surface area contributed by atoms with Crippen molar-refractivity contribution in [2.75, 3.05) is 18.4 Å². The molecule has 3 rings (SSSR count). The Morgan fingerprint density at radius 1 is 1.15 bits per heavy atom. The Balaban J connectivity index is 1.64. The first-order chi connectivity index (χ1) is 12.6. The summed E-state index contributed by atoms with van der Waals surface area (Å²) >= 11 is 0. The van der Waals surface area contributed by atoms with Gasteiger partial charge >= 0.3 is 0 Å². The summed E-state index contributed by atoms with van der Waals surface area (Å²) in [5.74, 6) is -1.27. The Morgan fingerprint density at radius 2 is 1.88 bits per heavy atom. The topological polar surface area (TPSA) is 49.4 Å². The van der Waals surface area contributed by atoms with Gasteiger partial charge in [0.1, 0.15) is 5.82 Å². The van der Waals surface area contributed by atoms with Crippen LogP contribution in [0.25, 0.3) is 0 Å². The number of likely N-dealkylation sites (tertiary alicyclic amines) is 1. The van der Waals surface area contributed by atoms with E-state index in [1.165, 1.54) is 17.7 Å². The predicted molar refractivity (Wildman–Crippen MR) is 99.5 cm³/mol. The Hall–Kier alpha value is -2.69. The summed E-state index contributed by atoms with van der Waals surface area (Å²) in [6, 6.07) is 13.7. The lowest BCUT2D eigenvalue weighted by atomic mass is 9.96. The molecule has 0 aliphatic carbocycles. The van der Waals surface area contributed by atoms with Crippen molar-refractivity contribution in [3.05, 3.63) is 65.5 Å². The third-order valence-corrected chi connectivity index (χ3v) is 4.81. The lowest BCUT2D eigenvalue weighted by molar-refractivity contribution is -0.121. The highest BCUT2D eigenvalue weighted by atomic mass is 19.1. The van der Waals surface area contributed by atoms with Crippen LogP contribution in [-0.2, 0) is 11.2 Å². The van der Waals surface area contributed by atoms with E-state index in [9.17, 15) is 14.0 Å². The Labute approximate surface area is 153 Å². The second kappa shape index (κ2) is 8.13. The average Bonchev–Trinajstić information content (AvgIpc) is 2.68. The standard InChI is InChI=1S/C21H23FN2O2/c1-2-15-9-11-17(12-10-15)23-20(25)16-6-5-13-24(14-16)21(26)18-7-3-4-8-19(18)22/h3-4,7-12,16H,2,5-6,13-14H2,1H3,(H,23,25)/t16-/m1/s1. The SMILES string of the molecule is CCc1ccc(NC(=O)[C@@H]2CCCN(C(=O)c3ccccc3F)C2)cc1. The highest BCUT2D eigenvalue weighted by Crippen LogP contribution is 2.21. The number of anilines is 1. The smallest absolute Gasteiger partial charge is 0.256 e. The van der Waals surface area contributed by atoms with Crippen LogP contribution >= 0.6 is 0 Å². The molecule has 26 heavy (non-hydrogen) atoms. The van der Waals surface area contributed by atoms with E-state index >= 15 is 0 Å². The number of amides is 2. The van der Waals surface area contributed by atoms with E-state index < -0.39 is 5.82 Å². The van der Waals surface area contributed by atoms with Crippen LogP contribution in [0.2, 0.25) is 0 Å². The van der Waals surface area contributed by atoms with E-state index in [0.29, 0.717) is 13.1 Å². The van der Waals surface area contributed by atoms with Crippen molar-refractivity contribution in [2.45, 2.75) is 26.2 Å². The van der Waals surface area contributed by atoms with E-state index in [0.717, 1.165) is 24.9 Å². The van der Waals surface area contributed by atoms with Gasteiger partial charge in [0, 0.05) is 18.8 Å². The molecule has 2 amide bonds. The summed E-state index contributed by atoms with van der Waals surface area (Å²) < 4.78 is 13.9. The zero-order chi connectivity index (χ0) is 18.5. The predicted octanol–water partition coefficient (Wildman–Crippen LogP) is 3.88. The molecule has 5 heteroatoms. The first-order valence-corrected chi connectivity index (χ1v) is 9.02. The van der Waals surface area contributed by atoms with Gasteiger partial charge in [0.05, 0.1) is 11.5 Å². The quantitative estimate of drug-likeness (QED) is 0.906. The number of piperidine rings is 1. The number of benzene rings is 2. The summed E-state index contributed by atoms with van der Waals surface area (Å²) in [6.07, 6.45) is 2.40. The van der Waals surface area contributed by atoms with Crippen LogP contribution in [0, 0.1) is 11.7 Å². The van der Waals surface area contributed by atoms with E-state index in [4.69, 9.17) is 0 Å². The molecule has 2 aromatic rings. The number of hydrogen-bond donors (Lipinski definition) is 1.